The zero-order chi connectivity index (χ0) is 19.3. The van der Waals surface area contributed by atoms with E-state index in [1.54, 1.807) is 6.07 Å². The smallest absolute Gasteiger partial charge is 0.143 e. The Kier molecular flexibility index (Phi) is 6.55. The summed E-state index contributed by atoms with van der Waals surface area (Å²) in [5, 5.41) is 19.0. The second-order valence-corrected chi connectivity index (χ2v) is 7.44. The topological polar surface area (TPSA) is 65.5 Å². The van der Waals surface area contributed by atoms with Crippen LogP contribution in [0.5, 0.6) is 0 Å². The molecular weight excluding hydrogens is 369 g/mol. The van der Waals surface area contributed by atoms with Gasteiger partial charge in [-0.25, -0.2) is 4.39 Å². The average Bonchev–Trinajstić information content (AvgIpc) is 2.61. The first kappa shape index (κ1) is 19.9. The van der Waals surface area contributed by atoms with E-state index < -0.39 is 5.82 Å². The van der Waals surface area contributed by atoms with Crippen molar-refractivity contribution in [2.45, 2.75) is 6.92 Å². The number of aliphatic hydroxyl groups excluding tert-OH is 1. The van der Waals surface area contributed by atoms with Crippen LogP contribution in [0.25, 0.3) is 0 Å². The zero-order valence-electron chi connectivity index (χ0n) is 15.3. The Morgan fingerprint density at radius 3 is 2.52 bits per heavy atom. The summed E-state index contributed by atoms with van der Waals surface area (Å²) in [4.78, 5) is 0. The lowest BCUT2D eigenvalue weighted by molar-refractivity contribution is -0.102. The van der Waals surface area contributed by atoms with E-state index in [4.69, 9.17) is 21.4 Å². The summed E-state index contributed by atoms with van der Waals surface area (Å²) < 4.78 is 19.0. The minimum Gasteiger partial charge on any atom is -0.395 e. The maximum absolute atomic E-state index is 13.6. The van der Waals surface area contributed by atoms with Crippen molar-refractivity contribution in [1.82, 2.24) is 5.32 Å². The molecule has 1 heterocycles. The minimum absolute atomic E-state index is 0.0549. The molecule has 2 aromatic carbocycles. The molecule has 1 aliphatic heterocycles. The van der Waals surface area contributed by atoms with Gasteiger partial charge >= 0.3 is 0 Å². The van der Waals surface area contributed by atoms with Gasteiger partial charge in [0, 0.05) is 42.1 Å². The molecule has 4 N–H and O–H groups in total. The summed E-state index contributed by atoms with van der Waals surface area (Å²) in [6.07, 6.45) is 0. The summed E-state index contributed by atoms with van der Waals surface area (Å²) in [5.74, 6) is -0.445. The van der Waals surface area contributed by atoms with Gasteiger partial charge in [0.25, 0.3) is 0 Å². The Balaban J connectivity index is 1.60. The van der Waals surface area contributed by atoms with Crippen LogP contribution in [-0.4, -0.2) is 44.6 Å². The Morgan fingerprint density at radius 1 is 1.15 bits per heavy atom. The molecule has 2 aromatic rings. The van der Waals surface area contributed by atoms with Crippen LogP contribution in [0.3, 0.4) is 0 Å². The monoisotopic (exact) mass is 393 g/mol. The van der Waals surface area contributed by atoms with Crippen molar-refractivity contribution in [1.29, 1.82) is 0 Å². The standard InChI is InChI=1S/C20H25ClFN3O2/c1-14-8-15(25-16-2-4-17(21)18(22)9-16)3-5-19(14)24-11-20(12-27-13-20)10-23-6-7-26/h2-5,8-9,23-26H,6-7,10-13H2,1H3. The molecule has 1 fully saturated rings. The molecule has 0 atom stereocenters. The molecule has 3 rings (SSSR count). The van der Waals surface area contributed by atoms with E-state index >= 15 is 0 Å². The number of anilines is 3. The van der Waals surface area contributed by atoms with E-state index in [0.717, 1.165) is 30.0 Å². The molecule has 5 nitrogen and oxygen atoms in total. The fourth-order valence-corrected chi connectivity index (χ4v) is 3.17. The number of hydrogen-bond acceptors (Lipinski definition) is 5. The van der Waals surface area contributed by atoms with Gasteiger partial charge in [-0.2, -0.15) is 0 Å². The van der Waals surface area contributed by atoms with Gasteiger partial charge in [0.15, 0.2) is 0 Å². The molecule has 1 aliphatic rings. The molecule has 0 aliphatic carbocycles. The second kappa shape index (κ2) is 8.89. The van der Waals surface area contributed by atoms with Crippen molar-refractivity contribution >= 4 is 28.7 Å². The highest BCUT2D eigenvalue weighted by molar-refractivity contribution is 6.30. The highest BCUT2D eigenvalue weighted by atomic mass is 35.5. The third-order valence-corrected chi connectivity index (χ3v) is 5.00. The normalized spacial score (nSPS) is 15.3. The minimum atomic E-state index is -0.445. The van der Waals surface area contributed by atoms with E-state index in [-0.39, 0.29) is 17.0 Å². The molecular formula is C20H25ClFN3O2. The number of benzene rings is 2. The van der Waals surface area contributed by atoms with Crippen molar-refractivity contribution < 1.29 is 14.2 Å². The lowest BCUT2D eigenvalue weighted by Crippen LogP contribution is -2.54. The Labute approximate surface area is 163 Å². The Hall–Kier alpha value is -1.86. The van der Waals surface area contributed by atoms with Crippen LogP contribution >= 0.6 is 11.6 Å². The number of ether oxygens (including phenoxy) is 1. The molecule has 146 valence electrons. The van der Waals surface area contributed by atoms with Gasteiger partial charge < -0.3 is 25.8 Å². The van der Waals surface area contributed by atoms with Crippen molar-refractivity contribution in [2.75, 3.05) is 50.1 Å². The Morgan fingerprint density at radius 2 is 1.89 bits per heavy atom. The molecule has 7 heteroatoms. The predicted octanol–water partition coefficient (Wildman–Crippen LogP) is 3.54. The molecule has 0 radical (unpaired) electrons. The highest BCUT2D eigenvalue weighted by Gasteiger charge is 2.38. The van der Waals surface area contributed by atoms with Crippen molar-refractivity contribution in [3.05, 3.63) is 52.8 Å². The van der Waals surface area contributed by atoms with Gasteiger partial charge in [0.2, 0.25) is 0 Å². The lowest BCUT2D eigenvalue weighted by atomic mass is 9.85. The van der Waals surface area contributed by atoms with Crippen LogP contribution in [0.4, 0.5) is 21.5 Å². The number of nitrogens with one attached hydrogen (secondary N) is 3. The molecule has 0 bridgehead atoms. The maximum atomic E-state index is 13.6. The number of halogens is 2. The summed E-state index contributed by atoms with van der Waals surface area (Å²) in [5.41, 5.74) is 3.73. The number of hydrogen-bond donors (Lipinski definition) is 4. The third kappa shape index (κ3) is 5.11. The van der Waals surface area contributed by atoms with E-state index in [2.05, 4.69) is 16.0 Å². The molecule has 27 heavy (non-hydrogen) atoms. The second-order valence-electron chi connectivity index (χ2n) is 7.03. The fourth-order valence-electron chi connectivity index (χ4n) is 3.05. The van der Waals surface area contributed by atoms with Crippen LogP contribution in [0.15, 0.2) is 36.4 Å². The summed E-state index contributed by atoms with van der Waals surface area (Å²) in [7, 11) is 0. The lowest BCUT2D eigenvalue weighted by Gasteiger charge is -2.42. The van der Waals surface area contributed by atoms with Gasteiger partial charge in [-0.05, 0) is 48.9 Å². The van der Waals surface area contributed by atoms with Crippen LogP contribution in [0, 0.1) is 18.2 Å². The number of aliphatic hydroxyl groups is 1. The van der Waals surface area contributed by atoms with Crippen molar-refractivity contribution in [3.8, 4) is 0 Å². The first-order valence-electron chi connectivity index (χ1n) is 8.97. The van der Waals surface area contributed by atoms with Crippen LogP contribution in [0.1, 0.15) is 5.56 Å². The molecule has 0 unspecified atom stereocenters. The summed E-state index contributed by atoms with van der Waals surface area (Å²) in [6.45, 7) is 5.77. The van der Waals surface area contributed by atoms with Gasteiger partial charge in [0.1, 0.15) is 5.82 Å². The fraction of sp³-hybridized carbons (Fsp3) is 0.400. The van der Waals surface area contributed by atoms with Crippen LogP contribution < -0.4 is 16.0 Å². The average molecular weight is 394 g/mol. The molecule has 0 saturated carbocycles. The number of rotatable bonds is 9. The largest absolute Gasteiger partial charge is 0.395 e. The van der Waals surface area contributed by atoms with Crippen LogP contribution in [0.2, 0.25) is 5.02 Å². The molecule has 0 aromatic heterocycles. The van der Waals surface area contributed by atoms with Gasteiger partial charge in [-0.3, -0.25) is 0 Å². The van der Waals surface area contributed by atoms with Crippen LogP contribution in [-0.2, 0) is 4.74 Å². The molecule has 0 amide bonds. The quantitative estimate of drug-likeness (QED) is 0.491. The van der Waals surface area contributed by atoms with Gasteiger partial charge in [-0.15, -0.1) is 0 Å². The summed E-state index contributed by atoms with van der Waals surface area (Å²) in [6, 6.07) is 10.6. The van der Waals surface area contributed by atoms with E-state index in [1.807, 2.05) is 25.1 Å². The first-order chi connectivity index (χ1) is 13.0. The van der Waals surface area contributed by atoms with E-state index in [0.29, 0.717) is 25.4 Å². The first-order valence-corrected chi connectivity index (χ1v) is 9.35. The van der Waals surface area contributed by atoms with E-state index in [1.165, 1.54) is 12.1 Å². The number of aryl methyl sites for hydroxylation is 1. The molecule has 1 saturated heterocycles. The van der Waals surface area contributed by atoms with Crippen molar-refractivity contribution in [2.24, 2.45) is 5.41 Å². The van der Waals surface area contributed by atoms with E-state index in [9.17, 15) is 4.39 Å². The molecule has 0 spiro atoms. The SMILES string of the molecule is Cc1cc(Nc2ccc(Cl)c(F)c2)ccc1NCC1(CNCCO)COC1. The Bertz CT molecular complexity index is 784. The third-order valence-electron chi connectivity index (χ3n) is 4.69. The maximum Gasteiger partial charge on any atom is 0.143 e. The zero-order valence-corrected chi connectivity index (χ0v) is 16.1. The van der Waals surface area contributed by atoms with Crippen molar-refractivity contribution in [3.63, 3.8) is 0 Å². The summed E-state index contributed by atoms with van der Waals surface area (Å²) >= 11 is 5.72. The highest BCUT2D eigenvalue weighted by Crippen LogP contribution is 2.29. The van der Waals surface area contributed by atoms with Gasteiger partial charge in [-0.1, -0.05) is 11.6 Å². The van der Waals surface area contributed by atoms with Gasteiger partial charge in [0.05, 0.1) is 24.8 Å². The predicted molar refractivity (Wildman–Crippen MR) is 108 cm³/mol.